The lowest BCUT2D eigenvalue weighted by molar-refractivity contribution is 0.0619. The van der Waals surface area contributed by atoms with Crippen molar-refractivity contribution in [3.8, 4) is 11.5 Å². The lowest BCUT2D eigenvalue weighted by Gasteiger charge is -2.37. The van der Waals surface area contributed by atoms with Gasteiger partial charge in [0.2, 0.25) is 0 Å². The largest absolute Gasteiger partial charge is 0.496 e. The van der Waals surface area contributed by atoms with Crippen molar-refractivity contribution in [1.29, 1.82) is 0 Å². The minimum Gasteiger partial charge on any atom is -0.496 e. The molecule has 0 saturated carbocycles. The standard InChI is InChI=1S/C19H20ClNO3/c1-19(2)11-15(13-6-4-5-7-17(13)24-19)21-18(22)14-10-12(20)8-9-16(14)23-3/h4-10,15H,11H2,1-3H3,(H,21,22). The van der Waals surface area contributed by atoms with E-state index in [0.29, 0.717) is 22.8 Å². The number of carbonyl (C=O) groups is 1. The van der Waals surface area contributed by atoms with E-state index in [9.17, 15) is 4.79 Å². The Bertz CT molecular complexity index is 773. The number of carbonyl (C=O) groups excluding carboxylic acids is 1. The van der Waals surface area contributed by atoms with E-state index in [4.69, 9.17) is 21.1 Å². The lowest BCUT2D eigenvalue weighted by atomic mass is 9.89. The average Bonchev–Trinajstić information content (AvgIpc) is 2.53. The molecule has 1 unspecified atom stereocenters. The molecular formula is C19H20ClNO3. The van der Waals surface area contributed by atoms with Crippen LogP contribution in [0.4, 0.5) is 0 Å². The van der Waals surface area contributed by atoms with Gasteiger partial charge in [-0.2, -0.15) is 0 Å². The van der Waals surface area contributed by atoms with Gasteiger partial charge in [0.15, 0.2) is 0 Å². The Morgan fingerprint density at radius 3 is 2.79 bits per heavy atom. The smallest absolute Gasteiger partial charge is 0.255 e. The lowest BCUT2D eigenvalue weighted by Crippen LogP contribution is -2.41. The fraction of sp³-hybridized carbons (Fsp3) is 0.316. The van der Waals surface area contributed by atoms with Crippen molar-refractivity contribution < 1.29 is 14.3 Å². The van der Waals surface area contributed by atoms with Crippen molar-refractivity contribution >= 4 is 17.5 Å². The van der Waals surface area contributed by atoms with Crippen molar-refractivity contribution in [3.05, 3.63) is 58.6 Å². The quantitative estimate of drug-likeness (QED) is 0.898. The molecule has 1 atom stereocenters. The normalized spacial score (nSPS) is 18.2. The summed E-state index contributed by atoms with van der Waals surface area (Å²) in [7, 11) is 1.53. The molecule has 0 aliphatic carbocycles. The van der Waals surface area contributed by atoms with E-state index >= 15 is 0 Å². The molecule has 0 radical (unpaired) electrons. The van der Waals surface area contributed by atoms with Crippen LogP contribution in [0.2, 0.25) is 5.02 Å². The van der Waals surface area contributed by atoms with E-state index in [1.54, 1.807) is 18.2 Å². The summed E-state index contributed by atoms with van der Waals surface area (Å²) in [4.78, 5) is 12.8. The minimum atomic E-state index is -0.356. The summed E-state index contributed by atoms with van der Waals surface area (Å²) < 4.78 is 11.3. The first-order valence-electron chi connectivity index (χ1n) is 7.82. The number of hydrogen-bond donors (Lipinski definition) is 1. The molecule has 1 N–H and O–H groups in total. The zero-order chi connectivity index (χ0) is 17.3. The van der Waals surface area contributed by atoms with Crippen LogP contribution in [0.15, 0.2) is 42.5 Å². The number of hydrogen-bond acceptors (Lipinski definition) is 3. The molecule has 0 fully saturated rings. The van der Waals surface area contributed by atoms with Crippen LogP contribution in [0, 0.1) is 0 Å². The highest BCUT2D eigenvalue weighted by Crippen LogP contribution is 2.39. The molecule has 126 valence electrons. The molecule has 0 bridgehead atoms. The number of amides is 1. The van der Waals surface area contributed by atoms with Crippen molar-refractivity contribution in [2.75, 3.05) is 7.11 Å². The number of rotatable bonds is 3. The summed E-state index contributed by atoms with van der Waals surface area (Å²) in [5.74, 6) is 1.08. The molecule has 4 nitrogen and oxygen atoms in total. The van der Waals surface area contributed by atoms with Crippen molar-refractivity contribution in [3.63, 3.8) is 0 Å². The number of halogens is 1. The fourth-order valence-corrected chi connectivity index (χ4v) is 3.20. The Balaban J connectivity index is 1.91. The molecule has 0 spiro atoms. The van der Waals surface area contributed by atoms with Crippen LogP contribution in [0.1, 0.15) is 42.2 Å². The molecule has 1 amide bonds. The van der Waals surface area contributed by atoms with E-state index in [1.807, 2.05) is 38.1 Å². The van der Waals surface area contributed by atoms with Crippen LogP contribution in [0.3, 0.4) is 0 Å². The van der Waals surface area contributed by atoms with E-state index in [-0.39, 0.29) is 17.6 Å². The summed E-state index contributed by atoms with van der Waals surface area (Å²) in [6.45, 7) is 4.03. The SMILES string of the molecule is COc1ccc(Cl)cc1C(=O)NC1CC(C)(C)Oc2ccccc21. The Labute approximate surface area is 146 Å². The third kappa shape index (κ3) is 3.34. The first-order chi connectivity index (χ1) is 11.4. The molecule has 2 aromatic rings. The molecule has 0 aromatic heterocycles. The van der Waals surface area contributed by atoms with Crippen molar-refractivity contribution in [1.82, 2.24) is 5.32 Å². The monoisotopic (exact) mass is 345 g/mol. The highest BCUT2D eigenvalue weighted by atomic mass is 35.5. The van der Waals surface area contributed by atoms with Crippen LogP contribution in [0.25, 0.3) is 0 Å². The predicted molar refractivity (Wildman–Crippen MR) is 94.0 cm³/mol. The van der Waals surface area contributed by atoms with E-state index in [2.05, 4.69) is 5.32 Å². The van der Waals surface area contributed by atoms with Gasteiger partial charge in [-0.15, -0.1) is 0 Å². The van der Waals surface area contributed by atoms with E-state index < -0.39 is 0 Å². The summed E-state index contributed by atoms with van der Waals surface area (Å²) in [5.41, 5.74) is 1.04. The maximum absolute atomic E-state index is 12.8. The molecule has 2 aromatic carbocycles. The van der Waals surface area contributed by atoms with Gasteiger partial charge in [-0.25, -0.2) is 0 Å². The maximum atomic E-state index is 12.8. The van der Waals surface area contributed by atoms with Gasteiger partial charge < -0.3 is 14.8 Å². The second-order valence-electron chi connectivity index (χ2n) is 6.47. The van der Waals surface area contributed by atoms with E-state index in [0.717, 1.165) is 11.3 Å². The van der Waals surface area contributed by atoms with Gasteiger partial charge in [0.25, 0.3) is 5.91 Å². The van der Waals surface area contributed by atoms with Gasteiger partial charge >= 0.3 is 0 Å². The molecule has 1 aliphatic heterocycles. The summed E-state index contributed by atoms with van der Waals surface area (Å²) in [6.07, 6.45) is 0.679. The molecule has 0 saturated heterocycles. The first-order valence-corrected chi connectivity index (χ1v) is 8.20. The van der Waals surface area contributed by atoms with Gasteiger partial charge in [-0.1, -0.05) is 29.8 Å². The number of nitrogens with one attached hydrogen (secondary N) is 1. The van der Waals surface area contributed by atoms with E-state index in [1.165, 1.54) is 7.11 Å². The Kier molecular flexibility index (Phi) is 4.41. The highest BCUT2D eigenvalue weighted by Gasteiger charge is 2.34. The molecule has 3 rings (SSSR count). The summed E-state index contributed by atoms with van der Waals surface area (Å²) >= 11 is 6.03. The molecule has 5 heteroatoms. The zero-order valence-corrected chi connectivity index (χ0v) is 14.7. The van der Waals surface area contributed by atoms with Crippen molar-refractivity contribution in [2.45, 2.75) is 31.9 Å². The average molecular weight is 346 g/mol. The van der Waals surface area contributed by atoms with Gasteiger partial charge in [0.05, 0.1) is 18.7 Å². The third-order valence-electron chi connectivity index (χ3n) is 4.09. The number of ether oxygens (including phenoxy) is 2. The van der Waals surface area contributed by atoms with Crippen LogP contribution < -0.4 is 14.8 Å². The molecule has 1 heterocycles. The first kappa shape index (κ1) is 16.7. The van der Waals surface area contributed by atoms with Gasteiger partial charge in [0, 0.05) is 17.0 Å². The summed E-state index contributed by atoms with van der Waals surface area (Å²) in [5, 5.41) is 3.59. The fourth-order valence-electron chi connectivity index (χ4n) is 3.02. The maximum Gasteiger partial charge on any atom is 0.255 e. The Hall–Kier alpha value is -2.20. The summed E-state index contributed by atoms with van der Waals surface area (Å²) in [6, 6.07) is 12.6. The topological polar surface area (TPSA) is 47.6 Å². The molecule has 1 aliphatic rings. The van der Waals surface area contributed by atoms with Crippen molar-refractivity contribution in [2.24, 2.45) is 0 Å². The van der Waals surface area contributed by atoms with Gasteiger partial charge in [-0.3, -0.25) is 4.79 Å². The Morgan fingerprint density at radius 2 is 2.04 bits per heavy atom. The van der Waals surface area contributed by atoms with Crippen LogP contribution in [-0.4, -0.2) is 18.6 Å². The number of methoxy groups -OCH3 is 1. The number of fused-ring (bicyclic) bond motifs is 1. The highest BCUT2D eigenvalue weighted by molar-refractivity contribution is 6.31. The molecular weight excluding hydrogens is 326 g/mol. The Morgan fingerprint density at radius 1 is 1.29 bits per heavy atom. The van der Waals surface area contributed by atoms with Crippen LogP contribution >= 0.6 is 11.6 Å². The second-order valence-corrected chi connectivity index (χ2v) is 6.91. The number of benzene rings is 2. The third-order valence-corrected chi connectivity index (χ3v) is 4.32. The molecule has 24 heavy (non-hydrogen) atoms. The van der Waals surface area contributed by atoms with Crippen LogP contribution in [0.5, 0.6) is 11.5 Å². The number of para-hydroxylation sites is 1. The van der Waals surface area contributed by atoms with Crippen LogP contribution in [-0.2, 0) is 0 Å². The predicted octanol–water partition coefficient (Wildman–Crippen LogP) is 4.38. The minimum absolute atomic E-state index is 0.138. The van der Waals surface area contributed by atoms with Gasteiger partial charge in [0.1, 0.15) is 17.1 Å². The van der Waals surface area contributed by atoms with Gasteiger partial charge in [-0.05, 0) is 38.1 Å². The zero-order valence-electron chi connectivity index (χ0n) is 13.9. The second kappa shape index (κ2) is 6.36.